The Hall–Kier alpha value is -3.69. The van der Waals surface area contributed by atoms with Gasteiger partial charge in [-0.05, 0) is 17.7 Å². The Morgan fingerprint density at radius 3 is 2.50 bits per heavy atom. The van der Waals surface area contributed by atoms with Gasteiger partial charge < -0.3 is 18.9 Å². The van der Waals surface area contributed by atoms with E-state index in [0.717, 1.165) is 4.68 Å². The minimum atomic E-state index is -0.748. The molecule has 1 aromatic carbocycles. The van der Waals surface area contributed by atoms with Gasteiger partial charge in [-0.25, -0.2) is 13.9 Å². The zero-order valence-electron chi connectivity index (χ0n) is 16.6. The quantitative estimate of drug-likeness (QED) is 0.597. The maximum atomic E-state index is 13.3. The van der Waals surface area contributed by atoms with Crippen LogP contribution in [-0.2, 0) is 17.8 Å². The molecule has 1 aliphatic heterocycles. The number of nitrogens with zero attached hydrogens (tertiary/aromatic N) is 4. The third kappa shape index (κ3) is 2.92. The van der Waals surface area contributed by atoms with Crippen LogP contribution in [0.4, 0.5) is 4.39 Å². The normalized spacial score (nSPS) is 13.5. The largest absolute Gasteiger partial charge is 0.493 e. The summed E-state index contributed by atoms with van der Waals surface area (Å²) in [5.41, 5.74) is 0.368. The zero-order valence-corrected chi connectivity index (χ0v) is 16.6. The topological polar surface area (TPSA) is 95.7 Å². The lowest BCUT2D eigenvalue weighted by molar-refractivity contribution is 0.0591. The van der Waals surface area contributed by atoms with Gasteiger partial charge in [-0.1, -0.05) is 12.1 Å². The van der Waals surface area contributed by atoms with E-state index in [1.807, 2.05) is 0 Å². The van der Waals surface area contributed by atoms with Crippen LogP contribution in [0.1, 0.15) is 26.5 Å². The summed E-state index contributed by atoms with van der Waals surface area (Å²) in [6.45, 7) is 0.763. The molecule has 0 radical (unpaired) electrons. The number of rotatable bonds is 4. The van der Waals surface area contributed by atoms with E-state index in [2.05, 4.69) is 5.10 Å². The van der Waals surface area contributed by atoms with Crippen molar-refractivity contribution in [3.63, 3.8) is 0 Å². The molecule has 0 fully saturated rings. The Kier molecular flexibility index (Phi) is 4.76. The van der Waals surface area contributed by atoms with E-state index in [4.69, 9.17) is 9.47 Å². The van der Waals surface area contributed by atoms with Gasteiger partial charge in [0, 0.05) is 20.1 Å². The number of carbonyl (C=O) groups is 2. The molecule has 3 heterocycles. The molecule has 0 saturated heterocycles. The molecule has 1 aliphatic rings. The molecule has 30 heavy (non-hydrogen) atoms. The van der Waals surface area contributed by atoms with Crippen LogP contribution in [0.5, 0.6) is 5.75 Å². The SMILES string of the molecule is COC(=O)c1nn(Cc2ccc(F)cc2)c(=O)c2c(OC)c3n(c12)CCN(C)C3=O. The first-order valence-corrected chi connectivity index (χ1v) is 9.16. The summed E-state index contributed by atoms with van der Waals surface area (Å²) in [4.78, 5) is 40.1. The Balaban J connectivity index is 2.03. The van der Waals surface area contributed by atoms with Crippen molar-refractivity contribution in [3.8, 4) is 5.75 Å². The van der Waals surface area contributed by atoms with Crippen molar-refractivity contribution in [2.45, 2.75) is 13.1 Å². The first-order valence-electron chi connectivity index (χ1n) is 9.16. The number of likely N-dealkylation sites (N-methyl/N-ethyl adjacent to an activating group) is 1. The molecule has 3 aromatic rings. The first-order chi connectivity index (χ1) is 14.4. The zero-order chi connectivity index (χ0) is 21.6. The Bertz CT molecular complexity index is 1230. The van der Waals surface area contributed by atoms with E-state index < -0.39 is 17.3 Å². The second kappa shape index (κ2) is 7.29. The van der Waals surface area contributed by atoms with Crippen molar-refractivity contribution >= 4 is 22.8 Å². The predicted molar refractivity (Wildman–Crippen MR) is 104 cm³/mol. The van der Waals surface area contributed by atoms with Gasteiger partial charge in [0.2, 0.25) is 0 Å². The summed E-state index contributed by atoms with van der Waals surface area (Å²) in [7, 11) is 4.22. The number of amides is 1. The Morgan fingerprint density at radius 2 is 1.87 bits per heavy atom. The summed E-state index contributed by atoms with van der Waals surface area (Å²) in [5.74, 6) is -1.39. The lowest BCUT2D eigenvalue weighted by Gasteiger charge is -2.25. The van der Waals surface area contributed by atoms with Gasteiger partial charge in [-0.3, -0.25) is 9.59 Å². The summed E-state index contributed by atoms with van der Waals surface area (Å²) in [6.07, 6.45) is 0. The molecule has 0 bridgehead atoms. The van der Waals surface area contributed by atoms with Crippen molar-refractivity contribution in [2.24, 2.45) is 0 Å². The van der Waals surface area contributed by atoms with Crippen LogP contribution in [0.3, 0.4) is 0 Å². The minimum absolute atomic E-state index is 0.00341. The van der Waals surface area contributed by atoms with Gasteiger partial charge >= 0.3 is 5.97 Å². The van der Waals surface area contributed by atoms with Crippen LogP contribution in [-0.4, -0.2) is 58.9 Å². The molecule has 2 aromatic heterocycles. The van der Waals surface area contributed by atoms with Crippen LogP contribution in [0.2, 0.25) is 0 Å². The number of hydrogen-bond acceptors (Lipinski definition) is 6. The van der Waals surface area contributed by atoms with Crippen LogP contribution in [0, 0.1) is 5.82 Å². The lowest BCUT2D eigenvalue weighted by Crippen LogP contribution is -2.37. The van der Waals surface area contributed by atoms with Gasteiger partial charge in [0.25, 0.3) is 11.5 Å². The highest BCUT2D eigenvalue weighted by Crippen LogP contribution is 2.35. The minimum Gasteiger partial charge on any atom is -0.493 e. The summed E-state index contributed by atoms with van der Waals surface area (Å²) in [5, 5.41) is 4.30. The summed E-state index contributed by atoms with van der Waals surface area (Å²) in [6, 6.07) is 5.58. The summed E-state index contributed by atoms with van der Waals surface area (Å²) >= 11 is 0. The van der Waals surface area contributed by atoms with E-state index >= 15 is 0 Å². The average molecular weight is 414 g/mol. The Morgan fingerprint density at radius 1 is 1.17 bits per heavy atom. The van der Waals surface area contributed by atoms with E-state index in [1.165, 1.54) is 43.4 Å². The van der Waals surface area contributed by atoms with Gasteiger partial charge in [0.1, 0.15) is 11.2 Å². The van der Waals surface area contributed by atoms with Crippen molar-refractivity contribution in [3.05, 3.63) is 57.4 Å². The van der Waals surface area contributed by atoms with E-state index in [1.54, 1.807) is 11.6 Å². The highest BCUT2D eigenvalue weighted by Gasteiger charge is 2.35. The number of hydrogen-bond donors (Lipinski definition) is 0. The van der Waals surface area contributed by atoms with Crippen LogP contribution in [0.15, 0.2) is 29.1 Å². The summed E-state index contributed by atoms with van der Waals surface area (Å²) < 4.78 is 26.2. The second-order valence-corrected chi connectivity index (χ2v) is 6.91. The molecule has 0 unspecified atom stereocenters. The third-order valence-corrected chi connectivity index (χ3v) is 5.15. The molecular formula is C20H19FN4O5. The van der Waals surface area contributed by atoms with Crippen molar-refractivity contribution in [1.82, 2.24) is 19.2 Å². The van der Waals surface area contributed by atoms with Crippen molar-refractivity contribution < 1.29 is 23.5 Å². The van der Waals surface area contributed by atoms with Gasteiger partial charge in [0.15, 0.2) is 17.1 Å². The van der Waals surface area contributed by atoms with E-state index in [-0.39, 0.29) is 40.5 Å². The number of carbonyl (C=O) groups excluding carboxylic acids is 2. The number of aromatic nitrogens is 3. The average Bonchev–Trinajstić information content (AvgIpc) is 3.09. The second-order valence-electron chi connectivity index (χ2n) is 6.91. The number of benzene rings is 1. The van der Waals surface area contributed by atoms with Crippen LogP contribution < -0.4 is 10.3 Å². The van der Waals surface area contributed by atoms with E-state index in [9.17, 15) is 18.8 Å². The predicted octanol–water partition coefficient (Wildman–Crippen LogP) is 1.27. The maximum absolute atomic E-state index is 13.3. The molecule has 0 atom stereocenters. The lowest BCUT2D eigenvalue weighted by atomic mass is 10.2. The standard InChI is InChI=1S/C20H19FN4O5/c1-23-8-9-24-15-13(17(29-2)16(24)19(23)27)18(26)25(22-14(15)20(28)30-3)10-11-4-6-12(21)7-5-11/h4-7H,8-10H2,1-3H3. The van der Waals surface area contributed by atoms with Gasteiger partial charge in [-0.15, -0.1) is 0 Å². The Labute approximate surface area is 170 Å². The van der Waals surface area contributed by atoms with Crippen molar-refractivity contribution in [2.75, 3.05) is 27.8 Å². The number of fused-ring (bicyclic) bond motifs is 3. The number of halogens is 1. The fourth-order valence-corrected chi connectivity index (χ4v) is 3.65. The molecule has 156 valence electrons. The molecule has 0 saturated carbocycles. The smallest absolute Gasteiger partial charge is 0.360 e. The van der Waals surface area contributed by atoms with Crippen molar-refractivity contribution in [1.29, 1.82) is 0 Å². The number of methoxy groups -OCH3 is 2. The van der Waals surface area contributed by atoms with Crippen LogP contribution in [0.25, 0.3) is 10.9 Å². The maximum Gasteiger partial charge on any atom is 0.360 e. The monoisotopic (exact) mass is 414 g/mol. The molecule has 0 aliphatic carbocycles. The molecule has 0 spiro atoms. The fourth-order valence-electron chi connectivity index (χ4n) is 3.65. The highest BCUT2D eigenvalue weighted by atomic mass is 19.1. The van der Waals surface area contributed by atoms with Gasteiger partial charge in [0.05, 0.1) is 26.3 Å². The number of esters is 1. The highest BCUT2D eigenvalue weighted by molar-refractivity contribution is 6.09. The van der Waals surface area contributed by atoms with E-state index in [0.29, 0.717) is 18.7 Å². The third-order valence-electron chi connectivity index (χ3n) is 5.15. The molecule has 9 nitrogen and oxygen atoms in total. The molecule has 4 rings (SSSR count). The fraction of sp³-hybridized carbons (Fsp3) is 0.300. The molecule has 10 heteroatoms. The van der Waals surface area contributed by atoms with Gasteiger partial charge in [-0.2, -0.15) is 5.10 Å². The molecule has 0 N–H and O–H groups in total. The number of ether oxygens (including phenoxy) is 2. The first kappa shape index (κ1) is 19.6. The van der Waals surface area contributed by atoms with Crippen LogP contribution >= 0.6 is 0 Å². The molecule has 1 amide bonds. The molecular weight excluding hydrogens is 395 g/mol.